The molecule has 3 aromatic rings. The summed E-state index contributed by atoms with van der Waals surface area (Å²) >= 11 is 0. The quantitative estimate of drug-likeness (QED) is 0.639. The van der Waals surface area contributed by atoms with E-state index in [0.29, 0.717) is 5.56 Å². The van der Waals surface area contributed by atoms with Gasteiger partial charge in [-0.1, -0.05) is 24.3 Å². The van der Waals surface area contributed by atoms with E-state index in [1.807, 2.05) is 49.4 Å². The van der Waals surface area contributed by atoms with Gasteiger partial charge < -0.3 is 15.2 Å². The highest BCUT2D eigenvalue weighted by Gasteiger charge is 2.10. The van der Waals surface area contributed by atoms with Crippen LogP contribution in [0.1, 0.15) is 29.7 Å². The highest BCUT2D eigenvalue weighted by Crippen LogP contribution is 2.29. The van der Waals surface area contributed by atoms with Crippen molar-refractivity contribution >= 4 is 22.8 Å². The minimum Gasteiger partial charge on any atom is -0.494 e. The maximum atomic E-state index is 10.1. The van der Waals surface area contributed by atoms with Gasteiger partial charge in [0.2, 0.25) is 0 Å². The van der Waals surface area contributed by atoms with Gasteiger partial charge in [0.05, 0.1) is 17.4 Å². The number of aromatic hydroxyl groups is 1. The molecule has 0 radical (unpaired) electrons. The van der Waals surface area contributed by atoms with E-state index in [4.69, 9.17) is 0 Å². The van der Waals surface area contributed by atoms with Crippen molar-refractivity contribution in [2.75, 3.05) is 0 Å². The summed E-state index contributed by atoms with van der Waals surface area (Å²) in [6.07, 6.45) is 1.13. The van der Waals surface area contributed by atoms with E-state index in [1.165, 1.54) is 0 Å². The van der Waals surface area contributed by atoms with Crippen LogP contribution in [0.4, 0.5) is 5.69 Å². The number of hydrogen-bond acceptors (Lipinski definition) is 3. The first-order valence-electron chi connectivity index (χ1n) is 7.18. The van der Waals surface area contributed by atoms with Crippen LogP contribution in [0.15, 0.2) is 47.5 Å². The number of aliphatic imine (C=N–C) groups is 1. The molecule has 0 amide bonds. The minimum atomic E-state index is -0.529. The molecule has 0 aliphatic heterocycles. The van der Waals surface area contributed by atoms with Crippen molar-refractivity contribution in [3.63, 3.8) is 0 Å². The fourth-order valence-corrected chi connectivity index (χ4v) is 2.57. The lowest BCUT2D eigenvalue weighted by molar-refractivity contribution is 0.199. The summed E-state index contributed by atoms with van der Waals surface area (Å²) in [6, 6.07) is 13.3. The first kappa shape index (κ1) is 14.4. The molecule has 0 aliphatic rings. The van der Waals surface area contributed by atoms with Gasteiger partial charge in [0.25, 0.3) is 0 Å². The third-order valence-electron chi connectivity index (χ3n) is 3.75. The van der Waals surface area contributed by atoms with E-state index in [9.17, 15) is 10.2 Å². The standard InChI is InChI=1S/C18H18N2O2/c1-11-5-3-8-16-17(11)15(18(22)20-16)10-19-14-7-4-6-13(9-14)12(2)21/h3-10,12,20-22H,1-2H3. The van der Waals surface area contributed by atoms with Gasteiger partial charge in [-0.25, -0.2) is 0 Å². The van der Waals surface area contributed by atoms with Crippen LogP contribution in [-0.4, -0.2) is 21.4 Å². The number of rotatable bonds is 3. The van der Waals surface area contributed by atoms with E-state index in [2.05, 4.69) is 9.98 Å². The maximum Gasteiger partial charge on any atom is 0.198 e. The molecular weight excluding hydrogens is 276 g/mol. The van der Waals surface area contributed by atoms with Crippen LogP contribution >= 0.6 is 0 Å². The van der Waals surface area contributed by atoms with Crippen LogP contribution in [0, 0.1) is 6.92 Å². The van der Waals surface area contributed by atoms with Gasteiger partial charge in [-0.05, 0) is 43.2 Å². The molecule has 3 N–H and O–H groups in total. The summed E-state index contributed by atoms with van der Waals surface area (Å²) < 4.78 is 0. The Morgan fingerprint density at radius 3 is 2.73 bits per heavy atom. The largest absolute Gasteiger partial charge is 0.494 e. The number of nitrogens with zero attached hydrogens (tertiary/aromatic N) is 1. The number of nitrogens with one attached hydrogen (secondary N) is 1. The molecule has 22 heavy (non-hydrogen) atoms. The molecule has 1 atom stereocenters. The Labute approximate surface area is 128 Å². The molecule has 4 heteroatoms. The lowest BCUT2D eigenvalue weighted by Gasteiger charge is -2.04. The molecule has 1 heterocycles. The predicted octanol–water partition coefficient (Wildman–Crippen LogP) is 3.99. The maximum absolute atomic E-state index is 10.1. The molecular formula is C18H18N2O2. The van der Waals surface area contributed by atoms with Crippen LogP contribution in [0.3, 0.4) is 0 Å². The molecule has 0 aliphatic carbocycles. The molecule has 1 aromatic heterocycles. The second-order valence-corrected chi connectivity index (χ2v) is 5.41. The van der Waals surface area contributed by atoms with Gasteiger partial charge in [-0.3, -0.25) is 4.99 Å². The van der Waals surface area contributed by atoms with E-state index in [1.54, 1.807) is 13.1 Å². The van der Waals surface area contributed by atoms with Crippen LogP contribution in [0.25, 0.3) is 10.9 Å². The Morgan fingerprint density at radius 1 is 1.18 bits per heavy atom. The Hall–Kier alpha value is -2.59. The molecule has 0 saturated heterocycles. The highest BCUT2D eigenvalue weighted by molar-refractivity contribution is 6.04. The SMILES string of the molecule is Cc1cccc2[nH]c(O)c(C=Nc3cccc(C(C)O)c3)c12. The summed E-state index contributed by atoms with van der Waals surface area (Å²) in [5, 5.41) is 20.7. The molecule has 3 rings (SSSR count). The van der Waals surface area contributed by atoms with Crippen molar-refractivity contribution in [2.45, 2.75) is 20.0 Å². The van der Waals surface area contributed by atoms with Crippen molar-refractivity contribution < 1.29 is 10.2 Å². The topological polar surface area (TPSA) is 68.6 Å². The number of H-pyrrole nitrogens is 1. The van der Waals surface area contributed by atoms with Gasteiger partial charge in [0.1, 0.15) is 0 Å². The molecule has 2 aromatic carbocycles. The highest BCUT2D eigenvalue weighted by atomic mass is 16.3. The molecule has 4 nitrogen and oxygen atoms in total. The molecule has 1 unspecified atom stereocenters. The summed E-state index contributed by atoms with van der Waals surface area (Å²) in [7, 11) is 0. The summed E-state index contributed by atoms with van der Waals surface area (Å²) in [4.78, 5) is 7.39. The monoisotopic (exact) mass is 294 g/mol. The van der Waals surface area contributed by atoms with Gasteiger partial charge in [0.15, 0.2) is 5.88 Å². The third-order valence-corrected chi connectivity index (χ3v) is 3.75. The second kappa shape index (κ2) is 5.66. The Morgan fingerprint density at radius 2 is 1.95 bits per heavy atom. The number of benzene rings is 2. The van der Waals surface area contributed by atoms with E-state index < -0.39 is 6.10 Å². The van der Waals surface area contributed by atoms with Crippen molar-refractivity contribution in [3.8, 4) is 5.88 Å². The smallest absolute Gasteiger partial charge is 0.198 e. The lowest BCUT2D eigenvalue weighted by Crippen LogP contribution is -1.89. The lowest BCUT2D eigenvalue weighted by atomic mass is 10.1. The van der Waals surface area contributed by atoms with Gasteiger partial charge in [-0.15, -0.1) is 0 Å². The fraction of sp³-hybridized carbons (Fsp3) is 0.167. The van der Waals surface area contributed by atoms with Crippen LogP contribution in [-0.2, 0) is 0 Å². The Balaban J connectivity index is 2.03. The first-order valence-corrected chi connectivity index (χ1v) is 7.18. The number of aromatic nitrogens is 1. The summed E-state index contributed by atoms with van der Waals surface area (Å²) in [5.41, 5.74) is 4.19. The Bertz CT molecular complexity index is 847. The molecule has 0 fully saturated rings. The van der Waals surface area contributed by atoms with Crippen LogP contribution < -0.4 is 0 Å². The number of hydrogen-bond donors (Lipinski definition) is 3. The third kappa shape index (κ3) is 2.61. The zero-order chi connectivity index (χ0) is 15.7. The average molecular weight is 294 g/mol. The number of fused-ring (bicyclic) bond motifs is 1. The number of aromatic amines is 1. The van der Waals surface area contributed by atoms with Crippen molar-refractivity contribution in [2.24, 2.45) is 4.99 Å². The van der Waals surface area contributed by atoms with Gasteiger partial charge in [-0.2, -0.15) is 0 Å². The van der Waals surface area contributed by atoms with E-state index in [0.717, 1.165) is 27.7 Å². The zero-order valence-electron chi connectivity index (χ0n) is 12.5. The fourth-order valence-electron chi connectivity index (χ4n) is 2.57. The first-order chi connectivity index (χ1) is 10.6. The van der Waals surface area contributed by atoms with Gasteiger partial charge >= 0.3 is 0 Å². The molecule has 0 spiro atoms. The summed E-state index contributed by atoms with van der Waals surface area (Å²) in [5.74, 6) is 0.111. The van der Waals surface area contributed by atoms with Crippen molar-refractivity contribution in [1.82, 2.24) is 4.98 Å². The van der Waals surface area contributed by atoms with Crippen LogP contribution in [0.2, 0.25) is 0 Å². The molecule has 0 bridgehead atoms. The predicted molar refractivity (Wildman–Crippen MR) is 89.0 cm³/mol. The number of aliphatic hydroxyl groups is 1. The van der Waals surface area contributed by atoms with E-state index in [-0.39, 0.29) is 5.88 Å². The van der Waals surface area contributed by atoms with Crippen LogP contribution in [0.5, 0.6) is 5.88 Å². The zero-order valence-corrected chi connectivity index (χ0v) is 12.5. The Kier molecular flexibility index (Phi) is 3.69. The van der Waals surface area contributed by atoms with Gasteiger partial charge in [0, 0.05) is 17.1 Å². The van der Waals surface area contributed by atoms with Crippen molar-refractivity contribution in [1.29, 1.82) is 0 Å². The van der Waals surface area contributed by atoms with E-state index >= 15 is 0 Å². The summed E-state index contributed by atoms with van der Waals surface area (Å²) in [6.45, 7) is 3.72. The molecule has 112 valence electrons. The second-order valence-electron chi connectivity index (χ2n) is 5.41. The normalized spacial score (nSPS) is 13.0. The minimum absolute atomic E-state index is 0.111. The molecule has 0 saturated carbocycles. The average Bonchev–Trinajstić information content (AvgIpc) is 2.82. The van der Waals surface area contributed by atoms with Crippen molar-refractivity contribution in [3.05, 3.63) is 59.2 Å². The number of aryl methyl sites for hydroxylation is 1. The number of aliphatic hydroxyl groups excluding tert-OH is 1.